The molecule has 36 heavy (non-hydrogen) atoms. The first-order valence-corrected chi connectivity index (χ1v) is 12.2. The summed E-state index contributed by atoms with van der Waals surface area (Å²) >= 11 is 0. The number of aromatic hydroxyl groups is 1. The average molecular weight is 495 g/mol. The van der Waals surface area contributed by atoms with E-state index in [2.05, 4.69) is 4.98 Å². The molecular formula is C25H34N8O3. The number of hydrogen-bond acceptors (Lipinski definition) is 8. The molecule has 1 aromatic carbocycles. The summed E-state index contributed by atoms with van der Waals surface area (Å²) in [5, 5.41) is 10.8. The molecule has 7 N–H and O–H groups in total. The molecule has 2 aromatic heterocycles. The molecular weight excluding hydrogens is 460 g/mol. The minimum atomic E-state index is -0.679. The van der Waals surface area contributed by atoms with Gasteiger partial charge in [0.1, 0.15) is 11.6 Å². The summed E-state index contributed by atoms with van der Waals surface area (Å²) in [7, 11) is 0. The molecule has 0 radical (unpaired) electrons. The molecule has 0 spiro atoms. The van der Waals surface area contributed by atoms with Crippen LogP contribution in [-0.2, 0) is 4.79 Å². The number of nitrogens with zero attached hydrogens (tertiary/aromatic N) is 5. The Balaban J connectivity index is 1.64. The number of aryl methyl sites for hydroxylation is 1. The molecule has 11 nitrogen and oxygen atoms in total. The van der Waals surface area contributed by atoms with Gasteiger partial charge in [-0.05, 0) is 44.9 Å². The average Bonchev–Trinajstić information content (AvgIpc) is 3.15. The van der Waals surface area contributed by atoms with Crippen LogP contribution in [0.3, 0.4) is 0 Å². The normalized spacial score (nSPS) is 14.0. The molecule has 0 saturated carbocycles. The van der Waals surface area contributed by atoms with Gasteiger partial charge in [-0.25, -0.2) is 4.98 Å². The highest BCUT2D eigenvalue weighted by molar-refractivity contribution is 6.11. The van der Waals surface area contributed by atoms with Crippen LogP contribution in [0.2, 0.25) is 0 Å². The van der Waals surface area contributed by atoms with Crippen LogP contribution < -0.4 is 22.1 Å². The maximum absolute atomic E-state index is 12.5. The topological polar surface area (TPSA) is 170 Å². The minimum Gasteiger partial charge on any atom is -0.508 e. The summed E-state index contributed by atoms with van der Waals surface area (Å²) < 4.78 is 1.66. The summed E-state index contributed by atoms with van der Waals surface area (Å²) in [5.41, 5.74) is 20.3. The number of primary amides is 1. The molecule has 3 heterocycles. The van der Waals surface area contributed by atoms with Gasteiger partial charge in [0.2, 0.25) is 11.9 Å². The van der Waals surface area contributed by atoms with Crippen molar-refractivity contribution in [2.24, 2.45) is 11.5 Å². The number of carbonyl (C=O) groups is 2. The zero-order valence-corrected chi connectivity index (χ0v) is 20.8. The molecule has 0 atom stereocenters. The van der Waals surface area contributed by atoms with E-state index in [1.807, 2.05) is 16.7 Å². The van der Waals surface area contributed by atoms with Gasteiger partial charge in [-0.1, -0.05) is 12.5 Å². The second-order valence-electron chi connectivity index (χ2n) is 9.21. The van der Waals surface area contributed by atoms with Crippen molar-refractivity contribution in [2.75, 3.05) is 43.4 Å². The molecule has 4 rings (SSSR count). The van der Waals surface area contributed by atoms with Gasteiger partial charge in [-0.15, -0.1) is 0 Å². The van der Waals surface area contributed by atoms with Crippen LogP contribution in [0.1, 0.15) is 47.2 Å². The van der Waals surface area contributed by atoms with Crippen molar-refractivity contribution >= 4 is 34.6 Å². The zero-order chi connectivity index (χ0) is 26.0. The van der Waals surface area contributed by atoms with Gasteiger partial charge in [-0.2, -0.15) is 4.98 Å². The Morgan fingerprint density at radius 1 is 1.08 bits per heavy atom. The number of piperazine rings is 1. The van der Waals surface area contributed by atoms with Gasteiger partial charge in [-0.3, -0.25) is 14.2 Å². The number of unbranched alkanes of at least 4 members (excludes halogenated alkanes) is 2. The molecule has 2 amide bonds. The van der Waals surface area contributed by atoms with E-state index in [0.29, 0.717) is 67.4 Å². The van der Waals surface area contributed by atoms with Crippen molar-refractivity contribution in [3.63, 3.8) is 0 Å². The van der Waals surface area contributed by atoms with Crippen molar-refractivity contribution in [1.82, 2.24) is 19.4 Å². The highest BCUT2D eigenvalue weighted by Crippen LogP contribution is 2.35. The monoisotopic (exact) mass is 494 g/mol. The lowest BCUT2D eigenvalue weighted by atomic mass is 10.1. The Bertz CT molecular complexity index is 1290. The number of anilines is 2. The van der Waals surface area contributed by atoms with Crippen molar-refractivity contribution in [3.05, 3.63) is 35.0 Å². The summed E-state index contributed by atoms with van der Waals surface area (Å²) in [5.74, 6) is 0.205. The highest BCUT2D eigenvalue weighted by atomic mass is 16.3. The van der Waals surface area contributed by atoms with E-state index < -0.39 is 5.91 Å². The molecule has 0 bridgehead atoms. The van der Waals surface area contributed by atoms with Crippen LogP contribution in [0.4, 0.5) is 11.8 Å². The lowest BCUT2D eigenvalue weighted by molar-refractivity contribution is -0.131. The number of amides is 2. The zero-order valence-electron chi connectivity index (χ0n) is 20.8. The second kappa shape index (κ2) is 10.4. The van der Waals surface area contributed by atoms with E-state index in [9.17, 15) is 14.7 Å². The second-order valence-corrected chi connectivity index (χ2v) is 9.21. The van der Waals surface area contributed by atoms with E-state index in [0.717, 1.165) is 24.8 Å². The number of rotatable bonds is 8. The van der Waals surface area contributed by atoms with Crippen molar-refractivity contribution in [1.29, 1.82) is 0 Å². The Labute approximate surface area is 209 Å². The number of aromatic nitrogens is 3. The number of nitrogen functional groups attached to an aromatic ring is 1. The van der Waals surface area contributed by atoms with Crippen LogP contribution in [-0.4, -0.2) is 69.1 Å². The number of hydrogen-bond donors (Lipinski definition) is 4. The SMILES string of the molecule is Cc1ccc(O)c(C)c1-n1c(N)c(C(N)=O)c2cnc(N3CCN(C(=O)CCCCCN)CC3)nc21. The van der Waals surface area contributed by atoms with E-state index >= 15 is 0 Å². The summed E-state index contributed by atoms with van der Waals surface area (Å²) in [6, 6.07) is 3.39. The summed E-state index contributed by atoms with van der Waals surface area (Å²) in [6.07, 6.45) is 4.85. The van der Waals surface area contributed by atoms with Gasteiger partial charge in [0, 0.05) is 44.4 Å². The fourth-order valence-electron chi connectivity index (χ4n) is 4.79. The van der Waals surface area contributed by atoms with Crippen molar-refractivity contribution in [3.8, 4) is 11.4 Å². The Kier molecular flexibility index (Phi) is 7.30. The Morgan fingerprint density at radius 2 is 1.81 bits per heavy atom. The number of fused-ring (bicyclic) bond motifs is 1. The van der Waals surface area contributed by atoms with E-state index in [-0.39, 0.29) is 23.0 Å². The molecule has 192 valence electrons. The van der Waals surface area contributed by atoms with Crippen LogP contribution in [0, 0.1) is 13.8 Å². The number of nitrogens with two attached hydrogens (primary N) is 3. The van der Waals surface area contributed by atoms with Crippen molar-refractivity contribution < 1.29 is 14.7 Å². The highest BCUT2D eigenvalue weighted by Gasteiger charge is 2.27. The molecule has 1 aliphatic heterocycles. The Hall–Kier alpha value is -3.86. The van der Waals surface area contributed by atoms with E-state index in [1.54, 1.807) is 29.8 Å². The largest absolute Gasteiger partial charge is 0.508 e. The van der Waals surface area contributed by atoms with Crippen LogP contribution in [0.5, 0.6) is 5.75 Å². The molecule has 3 aromatic rings. The number of phenolic OH excluding ortho intramolecular Hbond substituents is 1. The molecule has 0 aliphatic carbocycles. The molecule has 11 heteroatoms. The number of phenols is 1. The fourth-order valence-corrected chi connectivity index (χ4v) is 4.79. The van der Waals surface area contributed by atoms with Gasteiger partial charge in [0.25, 0.3) is 5.91 Å². The smallest absolute Gasteiger partial charge is 0.253 e. The van der Waals surface area contributed by atoms with Crippen LogP contribution >= 0.6 is 0 Å². The van der Waals surface area contributed by atoms with Crippen LogP contribution in [0.15, 0.2) is 18.3 Å². The van der Waals surface area contributed by atoms with Gasteiger partial charge in [0.05, 0.1) is 16.6 Å². The quantitative estimate of drug-likeness (QED) is 0.342. The standard InChI is InChI=1S/C25H34N8O3/c1-15-7-8-18(34)16(2)21(15)33-22(27)20(23(28)36)17-14-29-25(30-24(17)33)32-12-10-31(11-13-32)19(35)6-4-3-5-9-26/h7-8,14,34H,3-6,9-13,26-27H2,1-2H3,(H2,28,36). The first-order valence-electron chi connectivity index (χ1n) is 12.2. The van der Waals surface area contributed by atoms with Gasteiger partial charge < -0.3 is 32.1 Å². The molecule has 1 fully saturated rings. The number of carbonyl (C=O) groups excluding carboxylic acids is 2. The lowest BCUT2D eigenvalue weighted by Gasteiger charge is -2.34. The maximum Gasteiger partial charge on any atom is 0.253 e. The fraction of sp³-hybridized carbons (Fsp3) is 0.440. The minimum absolute atomic E-state index is 0.107. The molecule has 1 saturated heterocycles. The third-order valence-corrected chi connectivity index (χ3v) is 6.82. The van der Waals surface area contributed by atoms with Gasteiger partial charge >= 0.3 is 0 Å². The summed E-state index contributed by atoms with van der Waals surface area (Å²) in [6.45, 7) is 6.66. The maximum atomic E-state index is 12.5. The lowest BCUT2D eigenvalue weighted by Crippen LogP contribution is -2.49. The third kappa shape index (κ3) is 4.66. The molecule has 0 unspecified atom stereocenters. The van der Waals surface area contributed by atoms with Gasteiger partial charge in [0.15, 0.2) is 5.65 Å². The Morgan fingerprint density at radius 3 is 2.47 bits per heavy atom. The molecule has 1 aliphatic rings. The first-order chi connectivity index (χ1) is 17.2. The third-order valence-electron chi connectivity index (χ3n) is 6.82. The van der Waals surface area contributed by atoms with Crippen LogP contribution in [0.25, 0.3) is 16.7 Å². The summed E-state index contributed by atoms with van der Waals surface area (Å²) in [4.78, 5) is 38.0. The predicted octanol–water partition coefficient (Wildman–Crippen LogP) is 1.59. The first kappa shape index (κ1) is 25.2. The van der Waals surface area contributed by atoms with E-state index in [4.69, 9.17) is 22.2 Å². The van der Waals surface area contributed by atoms with Crippen molar-refractivity contribution in [2.45, 2.75) is 39.5 Å². The predicted molar refractivity (Wildman–Crippen MR) is 139 cm³/mol. The van der Waals surface area contributed by atoms with E-state index in [1.165, 1.54) is 0 Å². The number of benzene rings is 1.